The van der Waals surface area contributed by atoms with E-state index < -0.39 is 5.41 Å². The van der Waals surface area contributed by atoms with Crippen molar-refractivity contribution < 1.29 is 19.1 Å². The second kappa shape index (κ2) is 7.62. The molecule has 0 saturated carbocycles. The summed E-state index contributed by atoms with van der Waals surface area (Å²) in [6, 6.07) is 12.7. The number of hydrogen-bond acceptors (Lipinski definition) is 4. The van der Waals surface area contributed by atoms with Gasteiger partial charge in [0.05, 0.1) is 5.41 Å². The Balaban J connectivity index is 2.29. The van der Waals surface area contributed by atoms with Crippen LogP contribution in [-0.2, 0) is 11.4 Å². The van der Waals surface area contributed by atoms with Gasteiger partial charge in [0, 0.05) is 10.0 Å². The molecule has 0 heterocycles. The Kier molecular flexibility index (Phi) is 5.78. The third kappa shape index (κ3) is 4.68. The Morgan fingerprint density at radius 2 is 1.79 bits per heavy atom. The van der Waals surface area contributed by atoms with E-state index in [1.807, 2.05) is 30.3 Å². The molecule has 0 aliphatic carbocycles. The summed E-state index contributed by atoms with van der Waals surface area (Å²) in [7, 11) is 0. The molecule has 0 N–H and O–H groups in total. The van der Waals surface area contributed by atoms with Crippen LogP contribution in [0, 0.1) is 5.41 Å². The van der Waals surface area contributed by atoms with Crippen molar-refractivity contribution >= 4 is 28.2 Å². The zero-order valence-corrected chi connectivity index (χ0v) is 15.4. The van der Waals surface area contributed by atoms with Gasteiger partial charge in [-0.05, 0) is 54.4 Å². The number of aldehydes is 1. The molecule has 0 aromatic heterocycles. The largest absolute Gasteiger partial charge is 0.485 e. The van der Waals surface area contributed by atoms with E-state index in [4.69, 9.17) is 9.47 Å². The molecule has 24 heavy (non-hydrogen) atoms. The first kappa shape index (κ1) is 18.2. The van der Waals surface area contributed by atoms with Crippen molar-refractivity contribution in [1.29, 1.82) is 0 Å². The third-order valence-electron chi connectivity index (χ3n) is 3.24. The highest BCUT2D eigenvalue weighted by molar-refractivity contribution is 9.10. The fourth-order valence-electron chi connectivity index (χ4n) is 1.82. The van der Waals surface area contributed by atoms with Gasteiger partial charge in [0.1, 0.15) is 6.61 Å². The van der Waals surface area contributed by atoms with Crippen LogP contribution in [-0.4, -0.2) is 12.3 Å². The van der Waals surface area contributed by atoms with Gasteiger partial charge in [0.2, 0.25) is 0 Å². The molecule has 0 saturated heterocycles. The summed E-state index contributed by atoms with van der Waals surface area (Å²) in [5.41, 5.74) is 0.752. The van der Waals surface area contributed by atoms with Crippen LogP contribution < -0.4 is 9.47 Å². The van der Waals surface area contributed by atoms with Crippen molar-refractivity contribution in [2.75, 3.05) is 0 Å². The molecule has 0 atom stereocenters. The lowest BCUT2D eigenvalue weighted by Crippen LogP contribution is -2.25. The summed E-state index contributed by atoms with van der Waals surface area (Å²) in [5, 5.41) is 0. The second-order valence-corrected chi connectivity index (χ2v) is 7.21. The quantitative estimate of drug-likeness (QED) is 0.418. The van der Waals surface area contributed by atoms with Crippen LogP contribution in [0.3, 0.4) is 0 Å². The third-order valence-corrected chi connectivity index (χ3v) is 3.93. The Morgan fingerprint density at radius 3 is 2.38 bits per heavy atom. The van der Waals surface area contributed by atoms with Crippen LogP contribution >= 0.6 is 15.9 Å². The number of benzene rings is 2. The molecule has 2 aromatic rings. The Hall–Kier alpha value is -2.14. The first-order valence-electron chi connectivity index (χ1n) is 7.49. The molecule has 0 aliphatic rings. The number of halogens is 1. The van der Waals surface area contributed by atoms with Gasteiger partial charge in [-0.3, -0.25) is 9.59 Å². The van der Waals surface area contributed by atoms with Gasteiger partial charge < -0.3 is 9.47 Å². The van der Waals surface area contributed by atoms with E-state index in [0.29, 0.717) is 22.4 Å². The SMILES string of the molecule is CC(C)(C)C(=O)Oc1cc(Br)c(C=O)cc1OCc1ccccc1. The highest BCUT2D eigenvalue weighted by Gasteiger charge is 2.25. The molecule has 2 aromatic carbocycles. The summed E-state index contributed by atoms with van der Waals surface area (Å²) in [4.78, 5) is 23.3. The van der Waals surface area contributed by atoms with Crippen molar-refractivity contribution in [3.05, 3.63) is 58.1 Å². The van der Waals surface area contributed by atoms with Crippen molar-refractivity contribution in [2.24, 2.45) is 5.41 Å². The van der Waals surface area contributed by atoms with Gasteiger partial charge >= 0.3 is 5.97 Å². The van der Waals surface area contributed by atoms with E-state index in [-0.39, 0.29) is 11.7 Å². The second-order valence-electron chi connectivity index (χ2n) is 6.35. The van der Waals surface area contributed by atoms with Crippen molar-refractivity contribution in [3.63, 3.8) is 0 Å². The van der Waals surface area contributed by atoms with Gasteiger partial charge in [-0.1, -0.05) is 30.3 Å². The maximum absolute atomic E-state index is 12.2. The molecule has 0 bridgehead atoms. The van der Waals surface area contributed by atoms with E-state index in [1.54, 1.807) is 32.9 Å². The molecule has 0 radical (unpaired) electrons. The molecule has 2 rings (SSSR count). The molecular formula is C19H19BrO4. The maximum Gasteiger partial charge on any atom is 0.316 e. The molecule has 0 amide bonds. The van der Waals surface area contributed by atoms with Crippen LogP contribution in [0.1, 0.15) is 36.7 Å². The van der Waals surface area contributed by atoms with Crippen LogP contribution in [0.25, 0.3) is 0 Å². The van der Waals surface area contributed by atoms with E-state index in [9.17, 15) is 9.59 Å². The minimum Gasteiger partial charge on any atom is -0.485 e. The lowest BCUT2D eigenvalue weighted by atomic mass is 9.97. The molecule has 4 nitrogen and oxygen atoms in total. The fraction of sp³-hybridized carbons (Fsp3) is 0.263. The zero-order chi connectivity index (χ0) is 17.7. The Labute approximate surface area is 149 Å². The first-order chi connectivity index (χ1) is 11.3. The highest BCUT2D eigenvalue weighted by atomic mass is 79.9. The summed E-state index contributed by atoms with van der Waals surface area (Å²) in [6.07, 6.45) is 0.717. The molecular weight excluding hydrogens is 372 g/mol. The molecule has 126 valence electrons. The smallest absolute Gasteiger partial charge is 0.316 e. The van der Waals surface area contributed by atoms with Gasteiger partial charge in [0.15, 0.2) is 17.8 Å². The number of rotatable bonds is 5. The predicted octanol–water partition coefficient (Wildman–Crippen LogP) is 4.79. The number of esters is 1. The molecule has 0 fully saturated rings. The normalized spacial score (nSPS) is 11.0. The van der Waals surface area contributed by atoms with Crippen LogP contribution in [0.5, 0.6) is 11.5 Å². The van der Waals surface area contributed by atoms with Gasteiger partial charge in [-0.2, -0.15) is 0 Å². The summed E-state index contributed by atoms with van der Waals surface area (Å²) in [6.45, 7) is 5.62. The number of carbonyl (C=O) groups excluding carboxylic acids is 2. The standard InChI is InChI=1S/C19H19BrO4/c1-19(2,3)18(22)24-17-10-15(20)14(11-21)9-16(17)23-12-13-7-5-4-6-8-13/h4-11H,12H2,1-3H3. The topological polar surface area (TPSA) is 52.6 Å². The Bertz CT molecular complexity index is 733. The molecule has 0 unspecified atom stereocenters. The minimum atomic E-state index is -0.646. The number of hydrogen-bond donors (Lipinski definition) is 0. The van der Waals surface area contributed by atoms with E-state index in [0.717, 1.165) is 11.8 Å². The summed E-state index contributed by atoms with van der Waals surface area (Å²) < 4.78 is 11.8. The summed E-state index contributed by atoms with van der Waals surface area (Å²) >= 11 is 3.30. The number of ether oxygens (including phenoxy) is 2. The van der Waals surface area contributed by atoms with E-state index in [1.165, 1.54) is 0 Å². The highest BCUT2D eigenvalue weighted by Crippen LogP contribution is 2.35. The lowest BCUT2D eigenvalue weighted by Gasteiger charge is -2.19. The maximum atomic E-state index is 12.2. The average Bonchev–Trinajstić information content (AvgIpc) is 2.54. The number of carbonyl (C=O) groups is 2. The van der Waals surface area contributed by atoms with Crippen molar-refractivity contribution in [1.82, 2.24) is 0 Å². The predicted molar refractivity (Wildman–Crippen MR) is 95.4 cm³/mol. The lowest BCUT2D eigenvalue weighted by molar-refractivity contribution is -0.143. The van der Waals surface area contributed by atoms with Crippen molar-refractivity contribution in [2.45, 2.75) is 27.4 Å². The first-order valence-corrected chi connectivity index (χ1v) is 8.28. The Morgan fingerprint density at radius 1 is 1.12 bits per heavy atom. The summed E-state index contributed by atoms with van der Waals surface area (Å²) in [5.74, 6) is 0.253. The van der Waals surface area contributed by atoms with E-state index in [2.05, 4.69) is 15.9 Å². The van der Waals surface area contributed by atoms with E-state index >= 15 is 0 Å². The van der Waals surface area contributed by atoms with Crippen LogP contribution in [0.2, 0.25) is 0 Å². The molecule has 0 aliphatic heterocycles. The average molecular weight is 391 g/mol. The van der Waals surface area contributed by atoms with Gasteiger partial charge in [0.25, 0.3) is 0 Å². The molecule has 0 spiro atoms. The van der Waals surface area contributed by atoms with Crippen LogP contribution in [0.15, 0.2) is 46.9 Å². The molecule has 5 heteroatoms. The monoisotopic (exact) mass is 390 g/mol. The fourth-order valence-corrected chi connectivity index (χ4v) is 2.24. The zero-order valence-electron chi connectivity index (χ0n) is 13.8. The van der Waals surface area contributed by atoms with Crippen LogP contribution in [0.4, 0.5) is 0 Å². The van der Waals surface area contributed by atoms with Gasteiger partial charge in [-0.25, -0.2) is 0 Å². The van der Waals surface area contributed by atoms with Gasteiger partial charge in [-0.15, -0.1) is 0 Å². The van der Waals surface area contributed by atoms with Crippen molar-refractivity contribution in [3.8, 4) is 11.5 Å². The minimum absolute atomic E-state index is 0.281.